The molecule has 0 amide bonds. The second-order valence-electron chi connectivity index (χ2n) is 4.01. The zero-order chi connectivity index (χ0) is 16.4. The third kappa shape index (κ3) is 7.03. The number of nitrogens with zero attached hydrogens (tertiary/aromatic N) is 1. The molecule has 2 N–H and O–H groups in total. The maximum atomic E-state index is 11.3. The van der Waals surface area contributed by atoms with E-state index in [0.29, 0.717) is 17.5 Å². The number of ether oxygens (including phenoxy) is 2. The topological polar surface area (TPSA) is 72.0 Å². The van der Waals surface area contributed by atoms with Gasteiger partial charge >= 0.3 is 5.97 Å². The number of rotatable bonds is 7. The van der Waals surface area contributed by atoms with Crippen molar-refractivity contribution in [2.75, 3.05) is 19.8 Å². The first-order valence-corrected chi connectivity index (χ1v) is 8.20. The highest BCUT2D eigenvalue weighted by molar-refractivity contribution is 14.1. The van der Waals surface area contributed by atoms with Crippen LogP contribution in [0.2, 0.25) is 0 Å². The lowest BCUT2D eigenvalue weighted by atomic mass is 10.2. The summed E-state index contributed by atoms with van der Waals surface area (Å²) in [5, 5.41) is 7.44. The van der Waals surface area contributed by atoms with Gasteiger partial charge in [-0.25, -0.2) is 4.79 Å². The van der Waals surface area contributed by atoms with Gasteiger partial charge in [-0.3, -0.25) is 5.43 Å². The van der Waals surface area contributed by atoms with Crippen LogP contribution in [0.5, 0.6) is 5.75 Å². The fourth-order valence-electron chi connectivity index (χ4n) is 1.42. The van der Waals surface area contributed by atoms with Crippen molar-refractivity contribution in [3.63, 3.8) is 0 Å². The van der Waals surface area contributed by atoms with Gasteiger partial charge in [0.05, 0.1) is 16.4 Å². The minimum atomic E-state index is -0.384. The molecule has 0 spiro atoms. The summed E-state index contributed by atoms with van der Waals surface area (Å²) in [5.41, 5.74) is 3.60. The van der Waals surface area contributed by atoms with E-state index in [-0.39, 0.29) is 12.6 Å². The molecule has 0 fully saturated rings. The molecule has 0 saturated carbocycles. The summed E-state index contributed by atoms with van der Waals surface area (Å²) in [4.78, 5) is 11.3. The van der Waals surface area contributed by atoms with E-state index in [1.54, 1.807) is 19.2 Å². The Bertz CT molecular complexity index is 552. The maximum absolute atomic E-state index is 11.3. The molecule has 22 heavy (non-hydrogen) atoms. The first-order valence-electron chi connectivity index (χ1n) is 6.71. The standard InChI is InChI=1S/C14H18IN3O3S/c1-3-16-14(22)18-17-8-10-5-6-12(11(15)7-10)21-9-13(19)20-4-2/h5-8H,3-4,9H2,1-2H3,(H2,16,18,22). The van der Waals surface area contributed by atoms with Gasteiger partial charge in [-0.15, -0.1) is 0 Å². The first-order chi connectivity index (χ1) is 10.6. The molecule has 1 rings (SSSR count). The van der Waals surface area contributed by atoms with Gasteiger partial charge in [0.15, 0.2) is 11.7 Å². The average molecular weight is 435 g/mol. The Kier molecular flexibility index (Phi) is 8.75. The number of hydrazone groups is 1. The molecule has 0 radical (unpaired) electrons. The van der Waals surface area contributed by atoms with E-state index in [1.165, 1.54) is 0 Å². The summed E-state index contributed by atoms with van der Waals surface area (Å²) in [6.45, 7) is 4.69. The largest absolute Gasteiger partial charge is 0.481 e. The van der Waals surface area contributed by atoms with Crippen LogP contribution in [0, 0.1) is 3.57 Å². The number of carbonyl (C=O) groups is 1. The average Bonchev–Trinajstić information content (AvgIpc) is 2.47. The van der Waals surface area contributed by atoms with Gasteiger partial charge in [0.1, 0.15) is 5.75 Å². The van der Waals surface area contributed by atoms with Crippen LogP contribution in [0.4, 0.5) is 0 Å². The third-order valence-electron chi connectivity index (χ3n) is 2.32. The lowest BCUT2D eigenvalue weighted by Gasteiger charge is -2.08. The summed E-state index contributed by atoms with van der Waals surface area (Å²) in [6, 6.07) is 5.51. The molecule has 0 heterocycles. The molecule has 8 heteroatoms. The molecular weight excluding hydrogens is 417 g/mol. The number of halogens is 1. The van der Waals surface area contributed by atoms with Gasteiger partial charge in [0, 0.05) is 6.54 Å². The number of hydrogen-bond donors (Lipinski definition) is 2. The van der Waals surface area contributed by atoms with Crippen molar-refractivity contribution in [3.8, 4) is 5.75 Å². The van der Waals surface area contributed by atoms with Gasteiger partial charge in [0.2, 0.25) is 0 Å². The molecule has 120 valence electrons. The molecule has 1 aromatic rings. The van der Waals surface area contributed by atoms with E-state index in [1.807, 2.05) is 19.1 Å². The van der Waals surface area contributed by atoms with Crippen LogP contribution in [-0.2, 0) is 9.53 Å². The fraction of sp³-hybridized carbons (Fsp3) is 0.357. The quantitative estimate of drug-likeness (QED) is 0.225. The molecule has 0 saturated heterocycles. The number of esters is 1. The van der Waals surface area contributed by atoms with Crippen molar-refractivity contribution in [2.24, 2.45) is 5.10 Å². The van der Waals surface area contributed by atoms with Crippen molar-refractivity contribution in [3.05, 3.63) is 27.3 Å². The van der Waals surface area contributed by atoms with Crippen LogP contribution in [-0.4, -0.2) is 37.1 Å². The van der Waals surface area contributed by atoms with Crippen molar-refractivity contribution >= 4 is 52.1 Å². The van der Waals surface area contributed by atoms with Crippen molar-refractivity contribution in [2.45, 2.75) is 13.8 Å². The zero-order valence-electron chi connectivity index (χ0n) is 12.4. The minimum Gasteiger partial charge on any atom is -0.481 e. The number of thiocarbonyl (C=S) groups is 1. The second kappa shape index (κ2) is 10.3. The van der Waals surface area contributed by atoms with Crippen LogP contribution < -0.4 is 15.5 Å². The smallest absolute Gasteiger partial charge is 0.344 e. The molecule has 0 aliphatic heterocycles. The Labute approximate surface area is 148 Å². The van der Waals surface area contributed by atoms with Crippen molar-refractivity contribution in [1.29, 1.82) is 0 Å². The molecule has 0 bridgehead atoms. The van der Waals surface area contributed by atoms with E-state index in [2.05, 4.69) is 38.4 Å². The molecule has 0 atom stereocenters. The molecular formula is C14H18IN3O3S. The SMILES string of the molecule is CCNC(=S)NN=Cc1ccc(OCC(=O)OCC)c(I)c1. The lowest BCUT2D eigenvalue weighted by molar-refractivity contribution is -0.145. The molecule has 0 aromatic heterocycles. The van der Waals surface area contributed by atoms with Crippen LogP contribution >= 0.6 is 34.8 Å². The number of nitrogens with one attached hydrogen (secondary N) is 2. The Morgan fingerprint density at radius 1 is 1.45 bits per heavy atom. The first kappa shape index (κ1) is 18.6. The highest BCUT2D eigenvalue weighted by Gasteiger charge is 2.06. The van der Waals surface area contributed by atoms with E-state index in [9.17, 15) is 4.79 Å². The third-order valence-corrected chi connectivity index (χ3v) is 3.40. The zero-order valence-corrected chi connectivity index (χ0v) is 15.4. The van der Waals surface area contributed by atoms with Crippen LogP contribution in [0.15, 0.2) is 23.3 Å². The predicted octanol–water partition coefficient (Wildman–Crippen LogP) is 2.05. The van der Waals surface area contributed by atoms with Gasteiger partial charge < -0.3 is 14.8 Å². The van der Waals surface area contributed by atoms with Crippen molar-refractivity contribution in [1.82, 2.24) is 10.7 Å². The summed E-state index contributed by atoms with van der Waals surface area (Å²) in [5.74, 6) is 0.243. The molecule has 0 aliphatic rings. The second-order valence-corrected chi connectivity index (χ2v) is 5.58. The van der Waals surface area contributed by atoms with Crippen molar-refractivity contribution < 1.29 is 14.3 Å². The van der Waals surface area contributed by atoms with Gasteiger partial charge in [-0.05, 0) is 72.4 Å². The van der Waals surface area contributed by atoms with E-state index in [4.69, 9.17) is 21.7 Å². The molecule has 0 aliphatic carbocycles. The Morgan fingerprint density at radius 3 is 2.86 bits per heavy atom. The molecule has 6 nitrogen and oxygen atoms in total. The van der Waals surface area contributed by atoms with E-state index < -0.39 is 0 Å². The van der Waals surface area contributed by atoms with Crippen LogP contribution in [0.1, 0.15) is 19.4 Å². The Balaban J connectivity index is 2.56. The van der Waals surface area contributed by atoms with E-state index >= 15 is 0 Å². The highest BCUT2D eigenvalue weighted by Crippen LogP contribution is 2.21. The predicted molar refractivity (Wildman–Crippen MR) is 98.3 cm³/mol. The number of benzene rings is 1. The van der Waals surface area contributed by atoms with Gasteiger partial charge in [-0.2, -0.15) is 5.10 Å². The summed E-state index contributed by atoms with van der Waals surface area (Å²) in [6.07, 6.45) is 1.65. The lowest BCUT2D eigenvalue weighted by Crippen LogP contribution is -2.31. The normalized spacial score (nSPS) is 10.3. The highest BCUT2D eigenvalue weighted by atomic mass is 127. The van der Waals surface area contributed by atoms with Crippen LogP contribution in [0.25, 0.3) is 0 Å². The maximum Gasteiger partial charge on any atom is 0.344 e. The van der Waals surface area contributed by atoms with Crippen LogP contribution in [0.3, 0.4) is 0 Å². The molecule has 1 aromatic carbocycles. The summed E-state index contributed by atoms with van der Waals surface area (Å²) < 4.78 is 11.1. The minimum absolute atomic E-state index is 0.101. The van der Waals surface area contributed by atoms with Gasteiger partial charge in [-0.1, -0.05) is 0 Å². The Morgan fingerprint density at radius 2 is 2.23 bits per heavy atom. The fourth-order valence-corrected chi connectivity index (χ4v) is 2.31. The summed E-state index contributed by atoms with van der Waals surface area (Å²) in [7, 11) is 0. The number of hydrogen-bond acceptors (Lipinski definition) is 5. The summed E-state index contributed by atoms with van der Waals surface area (Å²) >= 11 is 7.13. The number of carbonyl (C=O) groups excluding carboxylic acids is 1. The monoisotopic (exact) mass is 435 g/mol. The van der Waals surface area contributed by atoms with E-state index in [0.717, 1.165) is 15.7 Å². The molecule has 0 unspecified atom stereocenters. The van der Waals surface area contributed by atoms with Gasteiger partial charge in [0.25, 0.3) is 0 Å². The Hall–Kier alpha value is -1.42.